The highest BCUT2D eigenvalue weighted by Crippen LogP contribution is 2.42. The van der Waals surface area contributed by atoms with Gasteiger partial charge in [-0.3, -0.25) is 0 Å². The van der Waals surface area contributed by atoms with Gasteiger partial charge in [-0.05, 0) is 99.3 Å². The number of carbonyl (C=O) groups is 1. The van der Waals surface area contributed by atoms with Crippen molar-refractivity contribution in [2.45, 2.75) is 53.2 Å². The Kier molecular flexibility index (Phi) is 8.97. The molecule has 0 fully saturated rings. The van der Waals surface area contributed by atoms with E-state index in [9.17, 15) is 9.90 Å². The zero-order valence-electron chi connectivity index (χ0n) is 28.2. The maximum atomic E-state index is 11.4. The minimum atomic E-state index is -0.843. The molecule has 1 atom stereocenters. The Morgan fingerprint density at radius 2 is 1.43 bits per heavy atom. The van der Waals surface area contributed by atoms with Crippen LogP contribution in [0.2, 0.25) is 0 Å². The molecule has 7 nitrogen and oxygen atoms in total. The van der Waals surface area contributed by atoms with E-state index < -0.39 is 12.0 Å². The van der Waals surface area contributed by atoms with Crippen LogP contribution < -0.4 is 24.0 Å². The number of rotatable bonds is 10. The fourth-order valence-corrected chi connectivity index (χ4v) is 7.13. The molecule has 47 heavy (non-hydrogen) atoms. The molecule has 4 aromatic carbocycles. The van der Waals surface area contributed by atoms with E-state index in [4.69, 9.17) is 4.74 Å². The molecule has 0 spiro atoms. The van der Waals surface area contributed by atoms with Crippen LogP contribution in [0.1, 0.15) is 39.6 Å². The van der Waals surface area contributed by atoms with Gasteiger partial charge in [0, 0.05) is 44.1 Å². The van der Waals surface area contributed by atoms with E-state index in [0.717, 1.165) is 52.2 Å². The molecule has 1 aromatic heterocycles. The number of anilines is 3. The SMILES string of the molecule is CCN1C(=Cc2sc3ccc(-c4ccc(N(C)C(C)C(=O)O)cc4)cc3[n+]2CC)Oc2ccc(-c3ccc(N(C)C(C)C)cc3)cc21. The summed E-state index contributed by atoms with van der Waals surface area (Å²) in [4.78, 5) is 17.7. The lowest BCUT2D eigenvalue weighted by molar-refractivity contribution is -0.665. The standard InChI is InChI=1S/C39H42N4O3S/c1-8-42-33-22-29(27-10-16-31(17-11-27)40(6)25(3)4)14-20-35(33)46-37(42)24-38-43(9-2)34-23-30(15-21-36(34)47-38)28-12-18-32(19-13-28)41(7)26(5)39(44)45/h10-26H,8-9H2,1-7H3/p+1. The highest BCUT2D eigenvalue weighted by molar-refractivity contribution is 7.18. The smallest absolute Gasteiger partial charge is 0.326 e. The number of carboxylic acid groups (broad SMARTS) is 1. The van der Waals surface area contributed by atoms with E-state index in [2.05, 4.69) is 128 Å². The van der Waals surface area contributed by atoms with Crippen molar-refractivity contribution in [2.24, 2.45) is 0 Å². The summed E-state index contributed by atoms with van der Waals surface area (Å²) < 4.78 is 10.0. The number of likely N-dealkylation sites (N-methyl/N-ethyl adjacent to an activating group) is 1. The van der Waals surface area contributed by atoms with Crippen LogP contribution in [0.25, 0.3) is 38.5 Å². The first kappa shape index (κ1) is 32.1. The number of aromatic nitrogens is 1. The summed E-state index contributed by atoms with van der Waals surface area (Å²) in [5, 5.41) is 10.5. The number of nitrogens with zero attached hydrogens (tertiary/aromatic N) is 4. The van der Waals surface area contributed by atoms with Crippen molar-refractivity contribution in [3.63, 3.8) is 0 Å². The average molecular weight is 648 g/mol. The third-order valence-electron chi connectivity index (χ3n) is 9.27. The largest absolute Gasteiger partial charge is 0.480 e. The summed E-state index contributed by atoms with van der Waals surface area (Å²) in [5.41, 5.74) is 8.89. The van der Waals surface area contributed by atoms with Crippen molar-refractivity contribution in [3.05, 3.63) is 95.8 Å². The molecule has 242 valence electrons. The molecule has 0 aliphatic carbocycles. The maximum absolute atomic E-state index is 11.4. The zero-order valence-corrected chi connectivity index (χ0v) is 29.0. The number of aliphatic carboxylic acids is 1. The van der Waals surface area contributed by atoms with Gasteiger partial charge in [0.1, 0.15) is 17.3 Å². The van der Waals surface area contributed by atoms with E-state index in [1.807, 2.05) is 19.2 Å². The van der Waals surface area contributed by atoms with Crippen LogP contribution >= 0.6 is 11.3 Å². The van der Waals surface area contributed by atoms with Crippen LogP contribution in [-0.4, -0.2) is 43.8 Å². The first-order chi connectivity index (χ1) is 22.6. The van der Waals surface area contributed by atoms with Gasteiger partial charge in [0.15, 0.2) is 5.75 Å². The van der Waals surface area contributed by atoms with Crippen molar-refractivity contribution >= 4 is 50.7 Å². The van der Waals surface area contributed by atoms with E-state index in [1.165, 1.54) is 27.0 Å². The van der Waals surface area contributed by atoms with E-state index in [0.29, 0.717) is 6.04 Å². The molecule has 0 radical (unpaired) electrons. The summed E-state index contributed by atoms with van der Waals surface area (Å²) >= 11 is 1.76. The van der Waals surface area contributed by atoms with Crippen LogP contribution in [0.15, 0.2) is 90.8 Å². The van der Waals surface area contributed by atoms with Gasteiger partial charge in [-0.25, -0.2) is 4.79 Å². The van der Waals surface area contributed by atoms with Crippen molar-refractivity contribution in [2.75, 3.05) is 35.3 Å². The van der Waals surface area contributed by atoms with Gasteiger partial charge in [0.05, 0.1) is 11.8 Å². The predicted octanol–water partition coefficient (Wildman–Crippen LogP) is 8.51. The van der Waals surface area contributed by atoms with Crippen molar-refractivity contribution < 1.29 is 19.2 Å². The number of ether oxygens (including phenoxy) is 1. The molecule has 1 aliphatic heterocycles. The number of benzene rings is 4. The topological polar surface area (TPSA) is 60.1 Å². The third kappa shape index (κ3) is 6.17. The second-order valence-electron chi connectivity index (χ2n) is 12.3. The molecule has 2 heterocycles. The number of carboxylic acids is 1. The number of thiazole rings is 1. The summed E-state index contributed by atoms with van der Waals surface area (Å²) in [7, 11) is 3.93. The number of hydrogen-bond donors (Lipinski definition) is 1. The summed E-state index contributed by atoms with van der Waals surface area (Å²) in [6.07, 6.45) is 2.17. The predicted molar refractivity (Wildman–Crippen MR) is 196 cm³/mol. The van der Waals surface area contributed by atoms with Gasteiger partial charge in [0.2, 0.25) is 11.4 Å². The zero-order chi connectivity index (χ0) is 33.4. The Hall–Kier alpha value is -4.82. The van der Waals surface area contributed by atoms with Crippen LogP contribution in [0.4, 0.5) is 17.1 Å². The molecule has 0 saturated carbocycles. The van der Waals surface area contributed by atoms with Gasteiger partial charge < -0.3 is 24.5 Å². The first-order valence-corrected chi connectivity index (χ1v) is 17.1. The molecule has 6 rings (SSSR count). The fraction of sp³-hybridized carbons (Fsp3) is 0.282. The molecule has 1 N–H and O–H groups in total. The van der Waals surface area contributed by atoms with Gasteiger partial charge in [-0.1, -0.05) is 47.7 Å². The first-order valence-electron chi connectivity index (χ1n) is 16.3. The normalized spacial score (nSPS) is 14.0. The Morgan fingerprint density at radius 1 is 0.851 bits per heavy atom. The highest BCUT2D eigenvalue weighted by atomic mass is 32.1. The van der Waals surface area contributed by atoms with Crippen molar-refractivity contribution in [1.82, 2.24) is 0 Å². The molecule has 1 unspecified atom stereocenters. The minimum absolute atomic E-state index is 0.442. The molecule has 5 aromatic rings. The lowest BCUT2D eigenvalue weighted by atomic mass is 10.0. The van der Waals surface area contributed by atoms with E-state index in [-0.39, 0.29) is 0 Å². The highest BCUT2D eigenvalue weighted by Gasteiger charge is 2.28. The Balaban J connectivity index is 1.28. The average Bonchev–Trinajstić information content (AvgIpc) is 3.62. The van der Waals surface area contributed by atoms with Crippen molar-refractivity contribution in [1.29, 1.82) is 0 Å². The summed E-state index contributed by atoms with van der Waals surface area (Å²) in [6.45, 7) is 12.0. The fourth-order valence-electron chi connectivity index (χ4n) is 6.00. The minimum Gasteiger partial charge on any atom is -0.480 e. The number of aryl methyl sites for hydroxylation is 1. The Morgan fingerprint density at radius 3 is 2.00 bits per heavy atom. The lowest BCUT2D eigenvalue weighted by Gasteiger charge is -2.24. The van der Waals surface area contributed by atoms with Crippen LogP contribution in [-0.2, 0) is 11.3 Å². The maximum Gasteiger partial charge on any atom is 0.326 e. The lowest BCUT2D eigenvalue weighted by Crippen LogP contribution is -2.35. The van der Waals surface area contributed by atoms with Crippen LogP contribution in [0, 0.1) is 0 Å². The molecular weight excluding hydrogens is 605 g/mol. The number of hydrogen-bond acceptors (Lipinski definition) is 6. The quantitative estimate of drug-likeness (QED) is 0.153. The van der Waals surface area contributed by atoms with Crippen molar-refractivity contribution in [3.8, 4) is 28.0 Å². The molecule has 0 amide bonds. The van der Waals surface area contributed by atoms with Gasteiger partial charge >= 0.3 is 5.97 Å². The summed E-state index contributed by atoms with van der Waals surface area (Å²) in [5.74, 6) is 0.860. The Bertz CT molecular complexity index is 1950. The summed E-state index contributed by atoms with van der Waals surface area (Å²) in [6, 6.07) is 29.7. The number of fused-ring (bicyclic) bond motifs is 2. The second-order valence-corrected chi connectivity index (χ2v) is 13.4. The molecule has 8 heteroatoms. The van der Waals surface area contributed by atoms with Crippen LogP contribution in [0.5, 0.6) is 5.75 Å². The van der Waals surface area contributed by atoms with E-state index >= 15 is 0 Å². The third-order valence-corrected chi connectivity index (χ3v) is 10.4. The van der Waals surface area contributed by atoms with E-state index in [1.54, 1.807) is 23.2 Å². The monoisotopic (exact) mass is 647 g/mol. The van der Waals surface area contributed by atoms with Crippen LogP contribution in [0.3, 0.4) is 0 Å². The van der Waals surface area contributed by atoms with Gasteiger partial charge in [0.25, 0.3) is 5.01 Å². The molecular formula is C39H43N4O3S+. The molecule has 0 saturated heterocycles. The molecule has 1 aliphatic rings. The Labute approximate surface area is 281 Å². The second kappa shape index (κ2) is 13.1. The molecule has 0 bridgehead atoms. The van der Waals surface area contributed by atoms with Gasteiger partial charge in [-0.2, -0.15) is 4.57 Å². The van der Waals surface area contributed by atoms with Gasteiger partial charge in [-0.15, -0.1) is 0 Å².